The van der Waals surface area contributed by atoms with Gasteiger partial charge in [0.05, 0.1) is 0 Å². The van der Waals surface area contributed by atoms with E-state index in [-0.39, 0.29) is 0 Å². The van der Waals surface area contributed by atoms with Crippen molar-refractivity contribution < 1.29 is 23.2 Å². The molecule has 4 fully saturated rings. The first-order chi connectivity index (χ1) is 7.26. The molecule has 0 aliphatic carbocycles. The van der Waals surface area contributed by atoms with E-state index in [4.69, 9.17) is 23.2 Å². The second-order valence-electron chi connectivity index (χ2n) is 3.93. The SMILES string of the molecule is C1CN1OP1(ON2CC2)(ON2CC2)OO1. The van der Waals surface area contributed by atoms with Crippen LogP contribution < -0.4 is 0 Å². The first kappa shape index (κ1) is 9.17. The summed E-state index contributed by atoms with van der Waals surface area (Å²) in [6.07, 6.45) is 0. The van der Waals surface area contributed by atoms with E-state index in [1.807, 2.05) is 0 Å². The van der Waals surface area contributed by atoms with Gasteiger partial charge in [-0.05, 0) is 0 Å². The molecule has 4 saturated heterocycles. The first-order valence-corrected chi connectivity index (χ1v) is 6.85. The van der Waals surface area contributed by atoms with Gasteiger partial charge in [0.25, 0.3) is 0 Å². The van der Waals surface area contributed by atoms with E-state index in [2.05, 4.69) is 0 Å². The molecule has 0 unspecified atom stereocenters. The standard InChI is InChI=1S/C6H12N3O5P/c1-2-7(1)10-15(13-14-15,11-8-3-4-8)12-9-5-6-9/h1-6H2. The predicted molar refractivity (Wildman–Crippen MR) is 47.1 cm³/mol. The Balaban J connectivity index is 1.52. The Morgan fingerprint density at radius 3 is 1.20 bits per heavy atom. The summed E-state index contributed by atoms with van der Waals surface area (Å²) in [7, 11) is -3.70. The first-order valence-electron chi connectivity index (χ1n) is 5.02. The third-order valence-electron chi connectivity index (χ3n) is 2.22. The Morgan fingerprint density at radius 1 is 0.667 bits per heavy atom. The van der Waals surface area contributed by atoms with Crippen molar-refractivity contribution in [2.75, 3.05) is 39.3 Å². The van der Waals surface area contributed by atoms with E-state index in [1.54, 1.807) is 15.2 Å². The van der Waals surface area contributed by atoms with E-state index in [0.29, 0.717) is 0 Å². The van der Waals surface area contributed by atoms with Gasteiger partial charge in [0.2, 0.25) is 0 Å². The summed E-state index contributed by atoms with van der Waals surface area (Å²) >= 11 is 0. The molecule has 86 valence electrons. The fourth-order valence-corrected chi connectivity index (χ4v) is 3.30. The van der Waals surface area contributed by atoms with Crippen molar-refractivity contribution in [2.45, 2.75) is 0 Å². The van der Waals surface area contributed by atoms with Crippen LogP contribution in [0.5, 0.6) is 0 Å². The molecule has 0 N–H and O–H groups in total. The molecule has 4 heterocycles. The Kier molecular flexibility index (Phi) is 1.64. The molecule has 4 aliphatic rings. The molecule has 0 aromatic heterocycles. The van der Waals surface area contributed by atoms with Crippen LogP contribution in [0.1, 0.15) is 0 Å². The summed E-state index contributed by atoms with van der Waals surface area (Å²) in [6.45, 7) is 5.15. The minimum absolute atomic E-state index is 0.858. The van der Waals surface area contributed by atoms with E-state index in [0.717, 1.165) is 39.3 Å². The summed E-state index contributed by atoms with van der Waals surface area (Å²) in [5.74, 6) is 0. The van der Waals surface area contributed by atoms with Crippen LogP contribution in [0.4, 0.5) is 0 Å². The van der Waals surface area contributed by atoms with Gasteiger partial charge in [-0.3, -0.25) is 0 Å². The fourth-order valence-electron chi connectivity index (χ4n) is 1.10. The molecule has 4 rings (SSSR count). The van der Waals surface area contributed by atoms with Gasteiger partial charge >= 0.3 is 85.4 Å². The molecule has 4 aliphatic heterocycles. The molecular formula is C6H12N3O5P. The molecule has 0 bridgehead atoms. The van der Waals surface area contributed by atoms with E-state index in [1.165, 1.54) is 0 Å². The molecule has 0 spiro atoms. The van der Waals surface area contributed by atoms with Gasteiger partial charge in [-0.15, -0.1) is 0 Å². The maximum atomic E-state index is 5.54. The second-order valence-corrected chi connectivity index (χ2v) is 6.21. The molecule has 0 aromatic rings. The zero-order valence-corrected chi connectivity index (χ0v) is 8.97. The van der Waals surface area contributed by atoms with Crippen molar-refractivity contribution >= 4 is 7.74 Å². The van der Waals surface area contributed by atoms with Crippen LogP contribution in [0.15, 0.2) is 0 Å². The van der Waals surface area contributed by atoms with Crippen LogP contribution >= 0.6 is 7.74 Å². The Morgan fingerprint density at radius 2 is 1.00 bits per heavy atom. The molecule has 0 atom stereocenters. The number of hydroxylamine groups is 6. The summed E-state index contributed by atoms with van der Waals surface area (Å²) in [4.78, 5) is 0. The van der Waals surface area contributed by atoms with Crippen molar-refractivity contribution in [2.24, 2.45) is 0 Å². The monoisotopic (exact) mass is 237 g/mol. The maximum absolute atomic E-state index is 5.54. The molecule has 15 heavy (non-hydrogen) atoms. The Labute approximate surface area is 86.3 Å². The number of hydrogen-bond donors (Lipinski definition) is 0. The van der Waals surface area contributed by atoms with Crippen LogP contribution in [-0.4, -0.2) is 54.5 Å². The van der Waals surface area contributed by atoms with Crippen molar-refractivity contribution in [1.82, 2.24) is 15.2 Å². The van der Waals surface area contributed by atoms with Crippen LogP contribution in [0.3, 0.4) is 0 Å². The van der Waals surface area contributed by atoms with Gasteiger partial charge in [0, 0.05) is 0 Å². The van der Waals surface area contributed by atoms with Crippen LogP contribution in [0, 0.1) is 0 Å². The number of hydrogen-bond acceptors (Lipinski definition) is 8. The van der Waals surface area contributed by atoms with Gasteiger partial charge in [-0.25, -0.2) is 0 Å². The third kappa shape index (κ3) is 1.78. The Hall–Kier alpha value is 0.110. The minimum atomic E-state index is -3.70. The molecular weight excluding hydrogens is 225 g/mol. The Bertz CT molecular complexity index is 258. The quantitative estimate of drug-likeness (QED) is 0.358. The van der Waals surface area contributed by atoms with Crippen LogP contribution in [-0.2, 0) is 23.2 Å². The molecule has 0 aromatic carbocycles. The average molecular weight is 237 g/mol. The topological polar surface area (TPSA) is 61.8 Å². The second kappa shape index (κ2) is 2.67. The van der Waals surface area contributed by atoms with Gasteiger partial charge in [-0.1, -0.05) is 0 Å². The normalized spacial score (nSPS) is 39.3. The zero-order valence-electron chi connectivity index (χ0n) is 8.07. The molecule has 9 heteroatoms. The molecule has 0 radical (unpaired) electrons. The average Bonchev–Trinajstić information content (AvgIpc) is 3.04. The molecule has 8 nitrogen and oxygen atoms in total. The van der Waals surface area contributed by atoms with Crippen LogP contribution in [0.2, 0.25) is 0 Å². The zero-order chi connectivity index (χ0) is 9.96. The van der Waals surface area contributed by atoms with Crippen molar-refractivity contribution in [3.8, 4) is 0 Å². The van der Waals surface area contributed by atoms with E-state index < -0.39 is 7.74 Å². The summed E-state index contributed by atoms with van der Waals surface area (Å²) in [5, 5.41) is 5.12. The van der Waals surface area contributed by atoms with Gasteiger partial charge < -0.3 is 0 Å². The van der Waals surface area contributed by atoms with Crippen molar-refractivity contribution in [3.05, 3.63) is 0 Å². The van der Waals surface area contributed by atoms with Crippen LogP contribution in [0.25, 0.3) is 0 Å². The van der Waals surface area contributed by atoms with Crippen molar-refractivity contribution in [3.63, 3.8) is 0 Å². The third-order valence-corrected chi connectivity index (χ3v) is 4.23. The molecule has 0 saturated carbocycles. The number of nitrogens with zero attached hydrogens (tertiary/aromatic N) is 3. The molecule has 0 amide bonds. The summed E-state index contributed by atoms with van der Waals surface area (Å²) in [5.41, 5.74) is 0. The predicted octanol–water partition coefficient (Wildman–Crippen LogP) is -0.182. The summed E-state index contributed by atoms with van der Waals surface area (Å²) in [6, 6.07) is 0. The fraction of sp³-hybridized carbons (Fsp3) is 1.00. The van der Waals surface area contributed by atoms with Crippen molar-refractivity contribution in [1.29, 1.82) is 0 Å². The van der Waals surface area contributed by atoms with E-state index in [9.17, 15) is 0 Å². The van der Waals surface area contributed by atoms with E-state index >= 15 is 0 Å². The van der Waals surface area contributed by atoms with Gasteiger partial charge in [0.15, 0.2) is 0 Å². The van der Waals surface area contributed by atoms with Gasteiger partial charge in [-0.2, -0.15) is 0 Å². The number of rotatable bonds is 6. The summed E-state index contributed by atoms with van der Waals surface area (Å²) < 4.78 is 26.6. The van der Waals surface area contributed by atoms with Gasteiger partial charge in [0.1, 0.15) is 0 Å².